The van der Waals surface area contributed by atoms with Gasteiger partial charge in [-0.2, -0.15) is 0 Å². The quantitative estimate of drug-likeness (QED) is 0.0610. The number of hydrogen-bond donors (Lipinski definition) is 0. The number of unbranched alkanes of at least 4 members (excludes halogenated alkanes) is 16. The first-order chi connectivity index (χ1) is 18.8. The molecule has 0 amide bonds. The molecule has 0 heterocycles. The summed E-state index contributed by atoms with van der Waals surface area (Å²) in [7, 11) is 0. The molecule has 0 N–H and O–H groups in total. The second-order valence-corrected chi connectivity index (χ2v) is 10.4. The van der Waals surface area contributed by atoms with E-state index in [0.29, 0.717) is 65.7 Å². The van der Waals surface area contributed by atoms with Crippen LogP contribution in [0.1, 0.15) is 142 Å². The summed E-state index contributed by atoms with van der Waals surface area (Å²) in [6.45, 7) is 9.94. The fourth-order valence-corrected chi connectivity index (χ4v) is 4.27. The smallest absolute Gasteiger partial charge is 0.305 e. The van der Waals surface area contributed by atoms with Crippen molar-refractivity contribution in [3.8, 4) is 0 Å². The topological polar surface area (TPSA) is 63.2 Å². The van der Waals surface area contributed by atoms with Crippen molar-refractivity contribution in [2.45, 2.75) is 142 Å². The third-order valence-corrected chi connectivity index (χ3v) is 6.69. The summed E-state index contributed by atoms with van der Waals surface area (Å²) in [5.74, 6) is -0.110. The van der Waals surface area contributed by atoms with E-state index in [1.165, 1.54) is 96.3 Å². The summed E-state index contributed by atoms with van der Waals surface area (Å²) in [5, 5.41) is 0. The van der Waals surface area contributed by atoms with E-state index < -0.39 is 0 Å². The Labute approximate surface area is 236 Å². The number of ether oxygens (including phenoxy) is 5. The number of carbonyl (C=O) groups excluding carboxylic acids is 1. The van der Waals surface area contributed by atoms with Crippen LogP contribution in [0, 0.1) is 0 Å². The molecular weight excluding hydrogens is 480 g/mol. The van der Waals surface area contributed by atoms with Gasteiger partial charge >= 0.3 is 5.97 Å². The summed E-state index contributed by atoms with van der Waals surface area (Å²) < 4.78 is 27.4. The standard InChI is InChI=1S/C32H64O6/c1-3-5-7-9-11-12-13-14-15-16-18-20-25-38-32(33)22-21-24-35-27-29-37-31-30-36-28-26-34-23-19-17-10-8-6-4-2/h3-31H2,1-2H3. The molecule has 0 aliphatic carbocycles. The van der Waals surface area contributed by atoms with Gasteiger partial charge in [0.15, 0.2) is 0 Å². The minimum atomic E-state index is -0.110. The van der Waals surface area contributed by atoms with Crippen LogP contribution >= 0.6 is 0 Å². The van der Waals surface area contributed by atoms with Crippen molar-refractivity contribution in [1.29, 1.82) is 0 Å². The van der Waals surface area contributed by atoms with Crippen molar-refractivity contribution >= 4 is 5.97 Å². The highest BCUT2D eigenvalue weighted by Crippen LogP contribution is 2.12. The van der Waals surface area contributed by atoms with Gasteiger partial charge in [-0.1, -0.05) is 117 Å². The Morgan fingerprint density at radius 2 is 0.684 bits per heavy atom. The Kier molecular flexibility index (Phi) is 33.7. The van der Waals surface area contributed by atoms with Gasteiger partial charge < -0.3 is 23.7 Å². The van der Waals surface area contributed by atoms with Crippen molar-refractivity contribution in [3.05, 3.63) is 0 Å². The molecule has 0 unspecified atom stereocenters. The van der Waals surface area contributed by atoms with E-state index >= 15 is 0 Å². The first-order valence-corrected chi connectivity index (χ1v) is 16.3. The van der Waals surface area contributed by atoms with Crippen LogP contribution in [0.4, 0.5) is 0 Å². The van der Waals surface area contributed by atoms with Gasteiger partial charge in [-0.05, 0) is 19.3 Å². The summed E-state index contributed by atoms with van der Waals surface area (Å²) in [6, 6.07) is 0. The number of esters is 1. The molecule has 228 valence electrons. The van der Waals surface area contributed by atoms with E-state index in [1.807, 2.05) is 0 Å². The van der Waals surface area contributed by atoms with Gasteiger partial charge in [0.25, 0.3) is 0 Å². The lowest BCUT2D eigenvalue weighted by atomic mass is 10.1. The highest BCUT2D eigenvalue weighted by Gasteiger charge is 2.03. The Bertz CT molecular complexity index is 446. The number of carbonyl (C=O) groups is 1. The van der Waals surface area contributed by atoms with Gasteiger partial charge in [0.05, 0.1) is 46.2 Å². The second kappa shape index (κ2) is 34.3. The van der Waals surface area contributed by atoms with Crippen LogP contribution in [-0.4, -0.2) is 65.4 Å². The first kappa shape index (κ1) is 37.3. The molecule has 0 fully saturated rings. The maximum Gasteiger partial charge on any atom is 0.305 e. The predicted molar refractivity (Wildman–Crippen MR) is 158 cm³/mol. The zero-order chi connectivity index (χ0) is 27.6. The normalized spacial score (nSPS) is 11.3. The fraction of sp³-hybridized carbons (Fsp3) is 0.969. The average Bonchev–Trinajstić information content (AvgIpc) is 2.92. The largest absolute Gasteiger partial charge is 0.466 e. The van der Waals surface area contributed by atoms with Gasteiger partial charge in [0, 0.05) is 19.6 Å². The van der Waals surface area contributed by atoms with E-state index in [9.17, 15) is 4.79 Å². The molecule has 0 aromatic heterocycles. The van der Waals surface area contributed by atoms with Crippen molar-refractivity contribution in [2.75, 3.05) is 59.5 Å². The Morgan fingerprint density at radius 3 is 1.11 bits per heavy atom. The zero-order valence-electron chi connectivity index (χ0n) is 25.5. The molecule has 0 bridgehead atoms. The van der Waals surface area contributed by atoms with Crippen LogP contribution in [-0.2, 0) is 28.5 Å². The first-order valence-electron chi connectivity index (χ1n) is 16.3. The highest BCUT2D eigenvalue weighted by molar-refractivity contribution is 5.69. The van der Waals surface area contributed by atoms with Crippen molar-refractivity contribution < 1.29 is 28.5 Å². The second-order valence-electron chi connectivity index (χ2n) is 10.4. The van der Waals surface area contributed by atoms with Crippen LogP contribution in [0.25, 0.3) is 0 Å². The summed E-state index contributed by atoms with van der Waals surface area (Å²) >= 11 is 0. The van der Waals surface area contributed by atoms with Gasteiger partial charge in [0.1, 0.15) is 0 Å². The van der Waals surface area contributed by atoms with Gasteiger partial charge in [-0.25, -0.2) is 0 Å². The summed E-state index contributed by atoms with van der Waals surface area (Å²) in [5.41, 5.74) is 0. The van der Waals surface area contributed by atoms with E-state index in [4.69, 9.17) is 23.7 Å². The molecule has 0 aliphatic rings. The molecule has 6 heteroatoms. The van der Waals surface area contributed by atoms with E-state index in [0.717, 1.165) is 25.9 Å². The third-order valence-electron chi connectivity index (χ3n) is 6.69. The van der Waals surface area contributed by atoms with Crippen LogP contribution in [0.2, 0.25) is 0 Å². The molecule has 0 aliphatic heterocycles. The molecule has 0 saturated carbocycles. The van der Waals surface area contributed by atoms with Crippen molar-refractivity contribution in [2.24, 2.45) is 0 Å². The van der Waals surface area contributed by atoms with Crippen molar-refractivity contribution in [3.63, 3.8) is 0 Å². The molecule has 0 aromatic carbocycles. The summed E-state index contributed by atoms with van der Waals surface area (Å²) in [4.78, 5) is 11.8. The Morgan fingerprint density at radius 1 is 0.368 bits per heavy atom. The lowest BCUT2D eigenvalue weighted by Gasteiger charge is -2.08. The van der Waals surface area contributed by atoms with Crippen molar-refractivity contribution in [1.82, 2.24) is 0 Å². The lowest BCUT2D eigenvalue weighted by Crippen LogP contribution is -2.12. The van der Waals surface area contributed by atoms with Crippen LogP contribution < -0.4 is 0 Å². The molecule has 0 aromatic rings. The monoisotopic (exact) mass is 544 g/mol. The van der Waals surface area contributed by atoms with E-state index in [1.54, 1.807) is 0 Å². The van der Waals surface area contributed by atoms with Gasteiger partial charge in [0.2, 0.25) is 0 Å². The molecule has 0 atom stereocenters. The third kappa shape index (κ3) is 33.3. The maximum absolute atomic E-state index is 11.8. The molecule has 0 rings (SSSR count). The average molecular weight is 545 g/mol. The van der Waals surface area contributed by atoms with Gasteiger partial charge in [-0.15, -0.1) is 0 Å². The van der Waals surface area contributed by atoms with Crippen LogP contribution in [0.3, 0.4) is 0 Å². The molecule has 0 spiro atoms. The Hall–Kier alpha value is -0.690. The highest BCUT2D eigenvalue weighted by atomic mass is 16.6. The number of rotatable bonds is 33. The van der Waals surface area contributed by atoms with Crippen LogP contribution in [0.15, 0.2) is 0 Å². The fourth-order valence-electron chi connectivity index (χ4n) is 4.27. The lowest BCUT2D eigenvalue weighted by molar-refractivity contribution is -0.144. The van der Waals surface area contributed by atoms with Gasteiger partial charge in [-0.3, -0.25) is 4.79 Å². The Balaban J connectivity index is 3.13. The predicted octanol–water partition coefficient (Wildman–Crippen LogP) is 8.44. The molecule has 38 heavy (non-hydrogen) atoms. The minimum absolute atomic E-state index is 0.110. The molecule has 6 nitrogen and oxygen atoms in total. The number of hydrogen-bond acceptors (Lipinski definition) is 6. The molecule has 0 radical (unpaired) electrons. The van der Waals surface area contributed by atoms with E-state index in [-0.39, 0.29) is 5.97 Å². The maximum atomic E-state index is 11.8. The summed E-state index contributed by atoms with van der Waals surface area (Å²) in [6.07, 6.45) is 24.6. The zero-order valence-corrected chi connectivity index (χ0v) is 25.5. The van der Waals surface area contributed by atoms with Crippen LogP contribution in [0.5, 0.6) is 0 Å². The minimum Gasteiger partial charge on any atom is -0.466 e. The van der Waals surface area contributed by atoms with E-state index in [2.05, 4.69) is 13.8 Å². The molecular formula is C32H64O6. The molecule has 0 saturated heterocycles. The SMILES string of the molecule is CCCCCCCCCCCCCCOC(=O)CCCOCCOCCOCCOCCCCCCCC.